The van der Waals surface area contributed by atoms with Gasteiger partial charge in [-0.1, -0.05) is 0 Å². The molecule has 3 rings (SSSR count). The van der Waals surface area contributed by atoms with Gasteiger partial charge in [-0.05, 0) is 58.5 Å². The van der Waals surface area contributed by atoms with Crippen LogP contribution in [0.4, 0.5) is 0 Å². The third kappa shape index (κ3) is 4.65. The molecule has 0 aromatic carbocycles. The van der Waals surface area contributed by atoms with Crippen LogP contribution in [0.1, 0.15) is 39.5 Å². The van der Waals surface area contributed by atoms with Gasteiger partial charge in [0.05, 0.1) is 12.7 Å². The highest BCUT2D eigenvalue weighted by Gasteiger charge is 2.34. The fraction of sp³-hybridized carbons (Fsp3) is 1.00. The Morgan fingerprint density at radius 2 is 2.10 bits per heavy atom. The predicted octanol–water partition coefficient (Wildman–Crippen LogP) is 1.56. The van der Waals surface area contributed by atoms with Crippen LogP contribution in [0.2, 0.25) is 0 Å². The first-order chi connectivity index (χ1) is 10.2. The van der Waals surface area contributed by atoms with Gasteiger partial charge in [-0.15, -0.1) is 0 Å². The molecule has 0 aromatic heterocycles. The quantitative estimate of drug-likeness (QED) is 0.805. The average molecular weight is 295 g/mol. The molecule has 4 nitrogen and oxygen atoms in total. The van der Waals surface area contributed by atoms with Gasteiger partial charge in [0.1, 0.15) is 0 Å². The number of piperidine rings is 1. The van der Waals surface area contributed by atoms with Crippen LogP contribution in [0.3, 0.4) is 0 Å². The summed E-state index contributed by atoms with van der Waals surface area (Å²) < 4.78 is 6.06. The standard InChI is InChI=1S/C17H33N3O/c1-14(2)19-8-9-21-17(12-19)13-20(16-5-6-16)11-15-4-3-7-18-10-15/h14-18H,3-13H2,1-2H3. The molecule has 1 N–H and O–H groups in total. The van der Waals surface area contributed by atoms with Gasteiger partial charge in [0.15, 0.2) is 0 Å². The fourth-order valence-electron chi connectivity index (χ4n) is 3.81. The summed E-state index contributed by atoms with van der Waals surface area (Å²) in [5, 5.41) is 3.56. The Kier molecular flexibility index (Phi) is 5.54. The first kappa shape index (κ1) is 15.7. The van der Waals surface area contributed by atoms with Crippen molar-refractivity contribution < 1.29 is 4.74 Å². The van der Waals surface area contributed by atoms with Crippen molar-refractivity contribution >= 4 is 0 Å². The van der Waals surface area contributed by atoms with Gasteiger partial charge >= 0.3 is 0 Å². The lowest BCUT2D eigenvalue weighted by Crippen LogP contribution is -2.51. The number of hydrogen-bond acceptors (Lipinski definition) is 4. The molecule has 2 unspecified atom stereocenters. The molecule has 0 amide bonds. The van der Waals surface area contributed by atoms with Crippen molar-refractivity contribution in [3.05, 3.63) is 0 Å². The molecule has 2 saturated heterocycles. The second-order valence-corrected chi connectivity index (χ2v) is 7.48. The van der Waals surface area contributed by atoms with Gasteiger partial charge in [-0.25, -0.2) is 0 Å². The van der Waals surface area contributed by atoms with E-state index < -0.39 is 0 Å². The van der Waals surface area contributed by atoms with E-state index in [0.717, 1.165) is 38.2 Å². The van der Waals surface area contributed by atoms with Crippen LogP contribution in [0.25, 0.3) is 0 Å². The third-order valence-electron chi connectivity index (χ3n) is 5.29. The lowest BCUT2D eigenvalue weighted by atomic mass is 9.99. The summed E-state index contributed by atoms with van der Waals surface area (Å²) in [7, 11) is 0. The largest absolute Gasteiger partial charge is 0.374 e. The van der Waals surface area contributed by atoms with E-state index in [0.29, 0.717) is 12.1 Å². The van der Waals surface area contributed by atoms with Gasteiger partial charge in [-0.2, -0.15) is 0 Å². The molecule has 4 heteroatoms. The van der Waals surface area contributed by atoms with E-state index in [1.807, 2.05) is 0 Å². The Balaban J connectivity index is 1.50. The maximum Gasteiger partial charge on any atom is 0.0829 e. The van der Waals surface area contributed by atoms with Crippen molar-refractivity contribution in [2.24, 2.45) is 5.92 Å². The summed E-state index contributed by atoms with van der Waals surface area (Å²) >= 11 is 0. The van der Waals surface area contributed by atoms with Crippen LogP contribution in [-0.4, -0.2) is 73.9 Å². The number of morpholine rings is 1. The minimum Gasteiger partial charge on any atom is -0.374 e. The van der Waals surface area contributed by atoms with Crippen LogP contribution in [0, 0.1) is 5.92 Å². The molecule has 0 spiro atoms. The highest BCUT2D eigenvalue weighted by atomic mass is 16.5. The van der Waals surface area contributed by atoms with E-state index in [1.165, 1.54) is 45.3 Å². The maximum atomic E-state index is 6.06. The molecule has 0 radical (unpaired) electrons. The van der Waals surface area contributed by atoms with Gasteiger partial charge in [0.2, 0.25) is 0 Å². The second kappa shape index (κ2) is 7.40. The SMILES string of the molecule is CC(C)N1CCOC(CN(CC2CCCNC2)C2CC2)C1. The monoisotopic (exact) mass is 295 g/mol. The van der Waals surface area contributed by atoms with E-state index in [1.54, 1.807) is 0 Å². The lowest BCUT2D eigenvalue weighted by molar-refractivity contribution is -0.0548. The average Bonchev–Trinajstić information content (AvgIpc) is 3.33. The molecular formula is C17H33N3O. The van der Waals surface area contributed by atoms with Gasteiger partial charge < -0.3 is 10.1 Å². The first-order valence-corrected chi connectivity index (χ1v) is 9.03. The number of rotatable bonds is 6. The van der Waals surface area contributed by atoms with Crippen LogP contribution >= 0.6 is 0 Å². The maximum absolute atomic E-state index is 6.06. The number of nitrogens with zero attached hydrogens (tertiary/aromatic N) is 2. The van der Waals surface area contributed by atoms with Gasteiger partial charge in [0, 0.05) is 38.3 Å². The van der Waals surface area contributed by atoms with E-state index in [-0.39, 0.29) is 0 Å². The Morgan fingerprint density at radius 1 is 1.24 bits per heavy atom. The van der Waals surface area contributed by atoms with Crippen molar-refractivity contribution in [2.45, 2.75) is 57.7 Å². The molecule has 2 atom stereocenters. The van der Waals surface area contributed by atoms with E-state index >= 15 is 0 Å². The third-order valence-corrected chi connectivity index (χ3v) is 5.29. The smallest absolute Gasteiger partial charge is 0.0829 e. The zero-order valence-electron chi connectivity index (χ0n) is 13.9. The zero-order chi connectivity index (χ0) is 14.7. The molecule has 1 saturated carbocycles. The molecule has 2 heterocycles. The summed E-state index contributed by atoms with van der Waals surface area (Å²) in [5.74, 6) is 0.851. The Hall–Kier alpha value is -0.160. The van der Waals surface area contributed by atoms with Crippen LogP contribution in [-0.2, 0) is 4.74 Å². The molecule has 2 aliphatic heterocycles. The zero-order valence-corrected chi connectivity index (χ0v) is 13.9. The predicted molar refractivity (Wildman–Crippen MR) is 86.6 cm³/mol. The van der Waals surface area contributed by atoms with E-state index in [9.17, 15) is 0 Å². The lowest BCUT2D eigenvalue weighted by Gasteiger charge is -2.39. The summed E-state index contributed by atoms with van der Waals surface area (Å²) in [5.41, 5.74) is 0. The fourth-order valence-corrected chi connectivity index (χ4v) is 3.81. The topological polar surface area (TPSA) is 27.7 Å². The van der Waals surface area contributed by atoms with E-state index in [2.05, 4.69) is 29.0 Å². The van der Waals surface area contributed by atoms with Crippen molar-refractivity contribution in [2.75, 3.05) is 45.9 Å². The molecule has 1 aliphatic carbocycles. The van der Waals surface area contributed by atoms with Crippen molar-refractivity contribution in [3.63, 3.8) is 0 Å². The molecular weight excluding hydrogens is 262 g/mol. The number of hydrogen-bond donors (Lipinski definition) is 1. The molecule has 3 fully saturated rings. The summed E-state index contributed by atoms with van der Waals surface area (Å²) in [4.78, 5) is 5.31. The van der Waals surface area contributed by atoms with Crippen molar-refractivity contribution in [3.8, 4) is 0 Å². The Morgan fingerprint density at radius 3 is 2.76 bits per heavy atom. The highest BCUT2D eigenvalue weighted by molar-refractivity contribution is 4.89. The number of ether oxygens (including phenoxy) is 1. The Labute approximate surface area is 130 Å². The van der Waals surface area contributed by atoms with Crippen LogP contribution in [0.5, 0.6) is 0 Å². The number of nitrogens with one attached hydrogen (secondary N) is 1. The molecule has 122 valence electrons. The molecule has 21 heavy (non-hydrogen) atoms. The molecule has 0 bridgehead atoms. The summed E-state index contributed by atoms with van der Waals surface area (Å²) in [6.45, 7) is 12.6. The highest BCUT2D eigenvalue weighted by Crippen LogP contribution is 2.29. The minimum atomic E-state index is 0.415. The minimum absolute atomic E-state index is 0.415. The summed E-state index contributed by atoms with van der Waals surface area (Å²) in [6, 6.07) is 1.50. The van der Waals surface area contributed by atoms with Gasteiger partial charge in [-0.3, -0.25) is 9.80 Å². The first-order valence-electron chi connectivity index (χ1n) is 9.03. The van der Waals surface area contributed by atoms with Crippen LogP contribution < -0.4 is 5.32 Å². The summed E-state index contributed by atoms with van der Waals surface area (Å²) in [6.07, 6.45) is 5.98. The van der Waals surface area contributed by atoms with E-state index in [4.69, 9.17) is 4.74 Å². The molecule has 0 aromatic rings. The van der Waals surface area contributed by atoms with Crippen LogP contribution in [0.15, 0.2) is 0 Å². The molecule has 3 aliphatic rings. The van der Waals surface area contributed by atoms with Crippen molar-refractivity contribution in [1.29, 1.82) is 0 Å². The van der Waals surface area contributed by atoms with Gasteiger partial charge in [0.25, 0.3) is 0 Å². The normalized spacial score (nSPS) is 32.0. The van der Waals surface area contributed by atoms with Crippen molar-refractivity contribution in [1.82, 2.24) is 15.1 Å². The Bertz CT molecular complexity index is 313. The second-order valence-electron chi connectivity index (χ2n) is 7.48.